The van der Waals surface area contributed by atoms with Gasteiger partial charge in [0, 0.05) is 23.7 Å². The molecular formula is C12H13F2N3. The molecule has 3 nitrogen and oxygen atoms in total. The van der Waals surface area contributed by atoms with Crippen LogP contribution in [0.25, 0.3) is 11.3 Å². The van der Waals surface area contributed by atoms with Crippen molar-refractivity contribution in [2.45, 2.75) is 13.5 Å². The van der Waals surface area contributed by atoms with Gasteiger partial charge in [0.15, 0.2) is 0 Å². The second-order valence-corrected chi connectivity index (χ2v) is 3.67. The summed E-state index contributed by atoms with van der Waals surface area (Å²) in [5.41, 5.74) is 1.78. The van der Waals surface area contributed by atoms with Crippen LogP contribution in [-0.4, -0.2) is 16.7 Å². The highest BCUT2D eigenvalue weighted by atomic mass is 19.1. The molecule has 17 heavy (non-hydrogen) atoms. The summed E-state index contributed by atoms with van der Waals surface area (Å²) in [6, 6.07) is 3.51. The summed E-state index contributed by atoms with van der Waals surface area (Å²) >= 11 is 0. The molecule has 0 fully saturated rings. The smallest absolute Gasteiger partial charge is 0.135 e. The van der Waals surface area contributed by atoms with Crippen LogP contribution < -0.4 is 5.32 Å². The number of benzene rings is 1. The normalized spacial score (nSPS) is 10.8. The topological polar surface area (TPSA) is 40.7 Å². The fourth-order valence-corrected chi connectivity index (χ4v) is 1.63. The van der Waals surface area contributed by atoms with Crippen molar-refractivity contribution in [3.8, 4) is 11.3 Å². The molecule has 2 rings (SSSR count). The Labute approximate surface area is 97.9 Å². The first-order valence-electron chi connectivity index (χ1n) is 5.40. The van der Waals surface area contributed by atoms with Crippen LogP contribution in [0.1, 0.15) is 12.5 Å². The molecule has 0 aliphatic rings. The fraction of sp³-hybridized carbons (Fsp3) is 0.250. The third-order valence-electron chi connectivity index (χ3n) is 2.48. The number of aromatic amines is 1. The molecule has 0 spiro atoms. The Balaban J connectivity index is 2.35. The zero-order valence-electron chi connectivity index (χ0n) is 9.43. The zero-order chi connectivity index (χ0) is 12.3. The first-order chi connectivity index (χ1) is 8.22. The molecule has 2 N–H and O–H groups in total. The molecule has 0 radical (unpaired) electrons. The zero-order valence-corrected chi connectivity index (χ0v) is 9.43. The number of hydrogen-bond acceptors (Lipinski definition) is 2. The molecule has 0 amide bonds. The molecule has 5 heteroatoms. The summed E-state index contributed by atoms with van der Waals surface area (Å²) in [4.78, 5) is 0. The van der Waals surface area contributed by atoms with E-state index in [4.69, 9.17) is 0 Å². The highest BCUT2D eigenvalue weighted by Gasteiger charge is 2.12. The predicted octanol–water partition coefficient (Wildman–Crippen LogP) is 2.46. The van der Waals surface area contributed by atoms with Gasteiger partial charge in [0.05, 0.1) is 11.9 Å². The molecule has 90 valence electrons. The minimum Gasteiger partial charge on any atom is -0.313 e. The number of nitrogens with one attached hydrogen (secondary N) is 2. The third kappa shape index (κ3) is 2.50. The van der Waals surface area contributed by atoms with Crippen molar-refractivity contribution in [2.75, 3.05) is 6.54 Å². The van der Waals surface area contributed by atoms with E-state index in [-0.39, 0.29) is 0 Å². The highest BCUT2D eigenvalue weighted by molar-refractivity contribution is 5.63. The minimum atomic E-state index is -0.591. The number of H-pyrrole nitrogens is 1. The van der Waals surface area contributed by atoms with Crippen LogP contribution in [-0.2, 0) is 6.54 Å². The van der Waals surface area contributed by atoms with Gasteiger partial charge in [0.25, 0.3) is 0 Å². The molecular weight excluding hydrogens is 224 g/mol. The van der Waals surface area contributed by atoms with Gasteiger partial charge in [-0.25, -0.2) is 8.78 Å². The Morgan fingerprint density at radius 3 is 2.88 bits per heavy atom. The van der Waals surface area contributed by atoms with Crippen molar-refractivity contribution in [1.82, 2.24) is 15.5 Å². The first-order valence-corrected chi connectivity index (χ1v) is 5.40. The molecule has 0 aliphatic carbocycles. The van der Waals surface area contributed by atoms with Gasteiger partial charge in [0.1, 0.15) is 11.6 Å². The number of nitrogens with zero attached hydrogens (tertiary/aromatic N) is 1. The average molecular weight is 237 g/mol. The van der Waals surface area contributed by atoms with E-state index in [2.05, 4.69) is 15.5 Å². The Hall–Kier alpha value is -1.75. The average Bonchev–Trinajstić information content (AvgIpc) is 2.74. The van der Waals surface area contributed by atoms with Crippen molar-refractivity contribution >= 4 is 0 Å². The lowest BCUT2D eigenvalue weighted by molar-refractivity contribution is 0.585. The second kappa shape index (κ2) is 5.05. The first kappa shape index (κ1) is 11.7. The standard InChI is InChI=1S/C12H13F2N3/c1-2-15-6-8-7-16-17-12(8)10-4-3-9(13)5-11(10)14/h3-5,7,15H,2,6H2,1H3,(H,16,17). The SMILES string of the molecule is CCNCc1cn[nH]c1-c1ccc(F)cc1F. The minimum absolute atomic E-state index is 0.330. The predicted molar refractivity (Wildman–Crippen MR) is 61.3 cm³/mol. The van der Waals surface area contributed by atoms with Crippen molar-refractivity contribution in [3.05, 3.63) is 41.6 Å². The van der Waals surface area contributed by atoms with E-state index >= 15 is 0 Å². The largest absolute Gasteiger partial charge is 0.313 e. The Bertz CT molecular complexity index is 508. The molecule has 0 saturated heterocycles. The molecule has 0 aliphatic heterocycles. The van der Waals surface area contributed by atoms with Crippen LogP contribution in [0, 0.1) is 11.6 Å². The van der Waals surface area contributed by atoms with Gasteiger partial charge in [-0.2, -0.15) is 5.10 Å². The Morgan fingerprint density at radius 1 is 1.35 bits per heavy atom. The summed E-state index contributed by atoms with van der Waals surface area (Å²) in [5.74, 6) is -1.18. The lowest BCUT2D eigenvalue weighted by Crippen LogP contribution is -2.11. The quantitative estimate of drug-likeness (QED) is 0.857. The maximum atomic E-state index is 13.6. The molecule has 0 unspecified atom stereocenters. The summed E-state index contributed by atoms with van der Waals surface area (Å²) in [6.07, 6.45) is 1.64. The summed E-state index contributed by atoms with van der Waals surface area (Å²) in [5, 5.41) is 9.76. The fourth-order valence-electron chi connectivity index (χ4n) is 1.63. The number of hydrogen-bond donors (Lipinski definition) is 2. The highest BCUT2D eigenvalue weighted by Crippen LogP contribution is 2.24. The van der Waals surface area contributed by atoms with Gasteiger partial charge < -0.3 is 5.32 Å². The van der Waals surface area contributed by atoms with E-state index < -0.39 is 11.6 Å². The van der Waals surface area contributed by atoms with Crippen LogP contribution >= 0.6 is 0 Å². The van der Waals surface area contributed by atoms with Gasteiger partial charge in [-0.15, -0.1) is 0 Å². The van der Waals surface area contributed by atoms with Gasteiger partial charge in [-0.3, -0.25) is 5.10 Å². The molecule has 2 aromatic rings. The van der Waals surface area contributed by atoms with Crippen molar-refractivity contribution in [3.63, 3.8) is 0 Å². The number of halogens is 2. The van der Waals surface area contributed by atoms with Crippen molar-refractivity contribution in [1.29, 1.82) is 0 Å². The summed E-state index contributed by atoms with van der Waals surface area (Å²) < 4.78 is 26.4. The van der Waals surface area contributed by atoms with Gasteiger partial charge in [-0.1, -0.05) is 6.92 Å². The maximum absolute atomic E-state index is 13.6. The Kier molecular flexibility index (Phi) is 3.49. The lowest BCUT2D eigenvalue weighted by Gasteiger charge is -2.05. The molecule has 1 aromatic heterocycles. The Morgan fingerprint density at radius 2 is 2.18 bits per heavy atom. The van der Waals surface area contributed by atoms with E-state index in [1.807, 2.05) is 6.92 Å². The van der Waals surface area contributed by atoms with Crippen LogP contribution in [0.15, 0.2) is 24.4 Å². The molecule has 0 saturated carbocycles. The summed E-state index contributed by atoms with van der Waals surface area (Å²) in [6.45, 7) is 3.40. The summed E-state index contributed by atoms with van der Waals surface area (Å²) in [7, 11) is 0. The second-order valence-electron chi connectivity index (χ2n) is 3.67. The van der Waals surface area contributed by atoms with Crippen LogP contribution in [0.5, 0.6) is 0 Å². The van der Waals surface area contributed by atoms with Gasteiger partial charge >= 0.3 is 0 Å². The van der Waals surface area contributed by atoms with Gasteiger partial charge in [0.2, 0.25) is 0 Å². The molecule has 1 heterocycles. The van der Waals surface area contributed by atoms with Crippen molar-refractivity contribution in [2.24, 2.45) is 0 Å². The maximum Gasteiger partial charge on any atom is 0.135 e. The van der Waals surface area contributed by atoms with E-state index in [0.29, 0.717) is 17.8 Å². The monoisotopic (exact) mass is 237 g/mol. The number of aromatic nitrogens is 2. The third-order valence-corrected chi connectivity index (χ3v) is 2.48. The van der Waals surface area contributed by atoms with E-state index in [1.165, 1.54) is 12.1 Å². The molecule has 0 bridgehead atoms. The van der Waals surface area contributed by atoms with Crippen LogP contribution in [0.2, 0.25) is 0 Å². The molecule has 1 aromatic carbocycles. The van der Waals surface area contributed by atoms with Crippen LogP contribution in [0.3, 0.4) is 0 Å². The lowest BCUT2D eigenvalue weighted by atomic mass is 10.1. The molecule has 0 atom stereocenters. The van der Waals surface area contributed by atoms with Crippen LogP contribution in [0.4, 0.5) is 8.78 Å². The van der Waals surface area contributed by atoms with E-state index in [9.17, 15) is 8.78 Å². The van der Waals surface area contributed by atoms with Crippen molar-refractivity contribution < 1.29 is 8.78 Å². The van der Waals surface area contributed by atoms with Gasteiger partial charge in [-0.05, 0) is 18.7 Å². The van der Waals surface area contributed by atoms with E-state index in [0.717, 1.165) is 18.2 Å². The number of rotatable bonds is 4. The van der Waals surface area contributed by atoms with E-state index in [1.54, 1.807) is 6.20 Å².